The van der Waals surface area contributed by atoms with E-state index < -0.39 is 72.7 Å². The van der Waals surface area contributed by atoms with Crippen molar-refractivity contribution in [2.75, 3.05) is 0 Å². The van der Waals surface area contributed by atoms with E-state index in [0.717, 1.165) is 6.07 Å². The number of fused-ring (bicyclic) bond motifs is 1. The quantitative estimate of drug-likeness (QED) is 0.376. The molecule has 0 saturated heterocycles. The summed E-state index contributed by atoms with van der Waals surface area (Å²) in [6, 6.07) is 1.42. The lowest BCUT2D eigenvalue weighted by Gasteiger charge is -2.33. The number of hydrogen-bond donors (Lipinski definition) is 3. The monoisotopic (exact) mass is 515 g/mol. The van der Waals surface area contributed by atoms with E-state index >= 15 is 4.39 Å². The summed E-state index contributed by atoms with van der Waals surface area (Å²) >= 11 is 0. The number of imidazole rings is 1. The summed E-state index contributed by atoms with van der Waals surface area (Å²) < 4.78 is 73.2. The fourth-order valence-electron chi connectivity index (χ4n) is 4.48. The first-order chi connectivity index (χ1) is 17.0. The maximum Gasteiger partial charge on any atom is 0.311 e. The molecule has 3 N–H and O–H groups in total. The van der Waals surface area contributed by atoms with Crippen molar-refractivity contribution in [3.63, 3.8) is 0 Å². The molecule has 2 heterocycles. The van der Waals surface area contributed by atoms with E-state index in [9.17, 15) is 32.3 Å². The summed E-state index contributed by atoms with van der Waals surface area (Å²) in [5, 5.41) is 19.1. The van der Waals surface area contributed by atoms with E-state index in [1.54, 1.807) is 0 Å². The average Bonchev–Trinajstić information content (AvgIpc) is 3.43. The standard InChI is InChI=1S/C22H22F5N5O4/c1-9-16(32-36-31-9)20(33)30-17(10-4-6-22(26,27)7-5-10)19-28-13-3-2-11(15(25)18(13)29-19)12(21(34)35)8-14(23)24/h2-3,10,12,14,17H,4-8H2,1H3,(H,28,29)(H,30,33)(H,34,35). The number of carboxylic acids is 1. The molecule has 1 aliphatic carbocycles. The van der Waals surface area contributed by atoms with Gasteiger partial charge in [-0.2, -0.15) is 0 Å². The van der Waals surface area contributed by atoms with Crippen LogP contribution in [0.1, 0.15) is 71.6 Å². The van der Waals surface area contributed by atoms with Gasteiger partial charge in [0.2, 0.25) is 12.3 Å². The normalized spacial score (nSPS) is 17.9. The summed E-state index contributed by atoms with van der Waals surface area (Å²) in [4.78, 5) is 31.3. The van der Waals surface area contributed by atoms with E-state index in [4.69, 9.17) is 0 Å². The van der Waals surface area contributed by atoms with Crippen LogP contribution in [0.25, 0.3) is 11.0 Å². The number of rotatable bonds is 8. The lowest BCUT2D eigenvalue weighted by Crippen LogP contribution is -2.38. The molecular weight excluding hydrogens is 493 g/mol. The number of carbonyl (C=O) groups is 2. The van der Waals surface area contributed by atoms with Gasteiger partial charge in [-0.3, -0.25) is 9.59 Å². The van der Waals surface area contributed by atoms with Gasteiger partial charge in [-0.1, -0.05) is 11.2 Å². The van der Waals surface area contributed by atoms with Gasteiger partial charge in [-0.15, -0.1) is 0 Å². The summed E-state index contributed by atoms with van der Waals surface area (Å²) in [5.41, 5.74) is -0.590. The molecule has 3 aromatic rings. The molecule has 1 amide bonds. The molecule has 4 rings (SSSR count). The number of aromatic amines is 1. The first-order valence-corrected chi connectivity index (χ1v) is 11.1. The molecule has 0 bridgehead atoms. The molecular formula is C22H22F5N5O4. The Morgan fingerprint density at radius 3 is 2.53 bits per heavy atom. The third kappa shape index (κ3) is 5.16. The number of nitrogens with one attached hydrogen (secondary N) is 2. The Hall–Kier alpha value is -3.58. The molecule has 2 aromatic heterocycles. The molecule has 194 valence electrons. The lowest BCUT2D eigenvalue weighted by atomic mass is 9.81. The molecule has 1 fully saturated rings. The van der Waals surface area contributed by atoms with Crippen molar-refractivity contribution in [2.45, 2.75) is 63.3 Å². The molecule has 9 nitrogen and oxygen atoms in total. The van der Waals surface area contributed by atoms with E-state index in [-0.39, 0.29) is 41.1 Å². The number of halogens is 5. The van der Waals surface area contributed by atoms with Crippen LogP contribution in [0, 0.1) is 18.7 Å². The van der Waals surface area contributed by atoms with Crippen molar-refractivity contribution in [3.05, 3.63) is 40.7 Å². The zero-order valence-electron chi connectivity index (χ0n) is 18.9. The second kappa shape index (κ2) is 9.82. The number of benzene rings is 1. The molecule has 0 aliphatic heterocycles. The molecule has 2 atom stereocenters. The highest BCUT2D eigenvalue weighted by Gasteiger charge is 2.40. The first-order valence-electron chi connectivity index (χ1n) is 11.1. The van der Waals surface area contributed by atoms with Gasteiger partial charge < -0.3 is 15.4 Å². The first kappa shape index (κ1) is 25.5. The number of aromatic nitrogens is 4. The van der Waals surface area contributed by atoms with Crippen LogP contribution in [0.15, 0.2) is 16.8 Å². The molecule has 1 aromatic carbocycles. The Balaban J connectivity index is 1.72. The van der Waals surface area contributed by atoms with Crippen LogP contribution in [0.5, 0.6) is 0 Å². The lowest BCUT2D eigenvalue weighted by molar-refractivity contribution is -0.140. The van der Waals surface area contributed by atoms with E-state index in [2.05, 4.69) is 30.2 Å². The number of aliphatic carboxylic acids is 1. The van der Waals surface area contributed by atoms with Crippen molar-refractivity contribution in [2.24, 2.45) is 5.92 Å². The Morgan fingerprint density at radius 2 is 1.94 bits per heavy atom. The number of carboxylic acid groups (broad SMARTS) is 1. The number of hydrogen-bond acceptors (Lipinski definition) is 6. The van der Waals surface area contributed by atoms with Crippen LogP contribution >= 0.6 is 0 Å². The topological polar surface area (TPSA) is 134 Å². The second-order valence-electron chi connectivity index (χ2n) is 8.85. The number of H-pyrrole nitrogens is 1. The molecule has 1 aliphatic rings. The van der Waals surface area contributed by atoms with Crippen LogP contribution in [-0.2, 0) is 4.79 Å². The maximum atomic E-state index is 15.3. The summed E-state index contributed by atoms with van der Waals surface area (Å²) in [6.45, 7) is 1.48. The van der Waals surface area contributed by atoms with Crippen molar-refractivity contribution in [3.8, 4) is 0 Å². The number of aryl methyl sites for hydroxylation is 1. The Morgan fingerprint density at radius 1 is 1.25 bits per heavy atom. The van der Waals surface area contributed by atoms with Crippen molar-refractivity contribution >= 4 is 22.9 Å². The molecule has 2 unspecified atom stereocenters. The summed E-state index contributed by atoms with van der Waals surface area (Å²) in [6.07, 6.45) is -4.82. The number of nitrogens with zero attached hydrogens (tertiary/aromatic N) is 3. The minimum atomic E-state index is -2.98. The predicted molar refractivity (Wildman–Crippen MR) is 113 cm³/mol. The van der Waals surface area contributed by atoms with Crippen LogP contribution < -0.4 is 5.32 Å². The SMILES string of the molecule is Cc1nonc1C(=O)NC(c1nc2c(F)c(C(CC(F)F)C(=O)O)ccc2[nH]1)C1CCC(F)(F)CC1. The van der Waals surface area contributed by atoms with Gasteiger partial charge in [0.15, 0.2) is 11.5 Å². The Bertz CT molecular complexity index is 1270. The molecule has 14 heteroatoms. The van der Waals surface area contributed by atoms with Crippen LogP contribution in [0.2, 0.25) is 0 Å². The fourth-order valence-corrected chi connectivity index (χ4v) is 4.48. The van der Waals surface area contributed by atoms with Crippen LogP contribution in [0.3, 0.4) is 0 Å². The van der Waals surface area contributed by atoms with E-state index in [1.165, 1.54) is 13.0 Å². The summed E-state index contributed by atoms with van der Waals surface area (Å²) in [5.74, 6) is -8.52. The van der Waals surface area contributed by atoms with Gasteiger partial charge >= 0.3 is 5.97 Å². The largest absolute Gasteiger partial charge is 0.481 e. The molecule has 0 spiro atoms. The van der Waals surface area contributed by atoms with Crippen molar-refractivity contribution in [1.29, 1.82) is 0 Å². The third-order valence-electron chi connectivity index (χ3n) is 6.41. The Labute approximate surface area is 200 Å². The minimum Gasteiger partial charge on any atom is -0.481 e. The minimum absolute atomic E-state index is 0.0360. The second-order valence-corrected chi connectivity index (χ2v) is 8.85. The highest BCUT2D eigenvalue weighted by Crippen LogP contribution is 2.41. The van der Waals surface area contributed by atoms with Gasteiger partial charge in [-0.05, 0) is 36.9 Å². The number of amides is 1. The van der Waals surface area contributed by atoms with Crippen molar-refractivity contribution in [1.82, 2.24) is 25.6 Å². The highest BCUT2D eigenvalue weighted by molar-refractivity contribution is 5.93. The zero-order chi connectivity index (χ0) is 26.2. The average molecular weight is 515 g/mol. The predicted octanol–water partition coefficient (Wildman–Crippen LogP) is 4.51. The van der Waals surface area contributed by atoms with Crippen LogP contribution in [-0.4, -0.2) is 49.6 Å². The van der Waals surface area contributed by atoms with Gasteiger partial charge in [0, 0.05) is 24.8 Å². The van der Waals surface area contributed by atoms with Crippen LogP contribution in [0.4, 0.5) is 22.0 Å². The molecule has 36 heavy (non-hydrogen) atoms. The van der Waals surface area contributed by atoms with Gasteiger partial charge in [-0.25, -0.2) is 31.6 Å². The van der Waals surface area contributed by atoms with Gasteiger partial charge in [0.05, 0.1) is 17.5 Å². The van der Waals surface area contributed by atoms with Crippen molar-refractivity contribution < 1.29 is 41.3 Å². The van der Waals surface area contributed by atoms with E-state index in [1.807, 2.05) is 0 Å². The highest BCUT2D eigenvalue weighted by atomic mass is 19.3. The smallest absolute Gasteiger partial charge is 0.311 e. The molecule has 0 radical (unpaired) electrons. The number of alkyl halides is 4. The van der Waals surface area contributed by atoms with Gasteiger partial charge in [0.25, 0.3) is 5.91 Å². The van der Waals surface area contributed by atoms with Gasteiger partial charge in [0.1, 0.15) is 17.0 Å². The van der Waals surface area contributed by atoms with E-state index in [0.29, 0.717) is 0 Å². The maximum absolute atomic E-state index is 15.3. The molecule has 1 saturated carbocycles. The Kier molecular flexibility index (Phi) is 6.96. The fraction of sp³-hybridized carbons (Fsp3) is 0.500. The number of carbonyl (C=O) groups excluding carboxylic acids is 1. The zero-order valence-corrected chi connectivity index (χ0v) is 18.9. The summed E-state index contributed by atoms with van der Waals surface area (Å²) in [7, 11) is 0. The third-order valence-corrected chi connectivity index (χ3v) is 6.41.